The lowest BCUT2D eigenvalue weighted by Gasteiger charge is -2.30. The predicted octanol–water partition coefficient (Wildman–Crippen LogP) is 6.09. The molecule has 2 rings (SSSR count). The Morgan fingerprint density at radius 1 is 1.33 bits per heavy atom. The van der Waals surface area contributed by atoms with Crippen molar-refractivity contribution in [3.05, 3.63) is 36.2 Å². The van der Waals surface area contributed by atoms with Crippen LogP contribution in [0, 0.1) is 0 Å². The van der Waals surface area contributed by atoms with Crippen LogP contribution in [0.4, 0.5) is 0 Å². The summed E-state index contributed by atoms with van der Waals surface area (Å²) in [5.41, 5.74) is 2.18. The molecule has 2 aromatic heterocycles. The fraction of sp³-hybridized carbons (Fsp3) is 0.556. The summed E-state index contributed by atoms with van der Waals surface area (Å²) >= 11 is 17.3. The Balaban J connectivity index is 2.35. The van der Waals surface area contributed by atoms with E-state index in [-0.39, 0.29) is 24.0 Å². The van der Waals surface area contributed by atoms with Crippen molar-refractivity contribution in [3.63, 3.8) is 0 Å². The van der Waals surface area contributed by atoms with E-state index in [4.69, 9.17) is 28.0 Å². The second-order valence-electron chi connectivity index (χ2n) is 7.04. The van der Waals surface area contributed by atoms with Gasteiger partial charge in [0.25, 0.3) is 5.91 Å². The molecule has 0 aliphatic heterocycles. The van der Waals surface area contributed by atoms with E-state index >= 15 is 0 Å². The topological polar surface area (TPSA) is 47.4 Å². The Bertz CT molecular complexity index is 820. The highest BCUT2D eigenvalue weighted by Crippen LogP contribution is 2.41. The smallest absolute Gasteiger partial charge is 0.275 e. The van der Waals surface area contributed by atoms with Crippen LogP contribution in [0.5, 0.6) is 0 Å². The van der Waals surface area contributed by atoms with Crippen LogP contribution >= 0.6 is 50.5 Å². The van der Waals surface area contributed by atoms with Crippen molar-refractivity contribution in [1.29, 1.82) is 0 Å². The molecule has 0 aliphatic rings. The maximum Gasteiger partial charge on any atom is 0.281 e. The SMILES string of the molecule is CC(C)ON(C(=O)c1cn(C)nc1C(C)C)C(C)Cc1c(Br)sc(Cl)c1Cl. The van der Waals surface area contributed by atoms with E-state index in [1.165, 1.54) is 16.4 Å². The molecular weight excluding hydrogens is 473 g/mol. The quantitative estimate of drug-likeness (QED) is 0.436. The molecule has 0 saturated heterocycles. The molecule has 1 atom stereocenters. The van der Waals surface area contributed by atoms with Gasteiger partial charge >= 0.3 is 0 Å². The number of carbonyl (C=O) groups is 1. The molecule has 150 valence electrons. The molecule has 0 N–H and O–H groups in total. The van der Waals surface area contributed by atoms with Gasteiger partial charge < -0.3 is 0 Å². The highest BCUT2D eigenvalue weighted by atomic mass is 79.9. The van der Waals surface area contributed by atoms with Gasteiger partial charge in [-0.3, -0.25) is 14.3 Å². The zero-order valence-corrected chi connectivity index (χ0v) is 20.1. The molecule has 0 fully saturated rings. The summed E-state index contributed by atoms with van der Waals surface area (Å²) in [4.78, 5) is 19.2. The fourth-order valence-electron chi connectivity index (χ4n) is 2.73. The van der Waals surface area contributed by atoms with Crippen LogP contribution < -0.4 is 0 Å². The Morgan fingerprint density at radius 3 is 2.44 bits per heavy atom. The van der Waals surface area contributed by atoms with Crippen molar-refractivity contribution in [2.24, 2.45) is 7.05 Å². The second-order valence-corrected chi connectivity index (χ2v) is 10.4. The largest absolute Gasteiger partial charge is 0.281 e. The van der Waals surface area contributed by atoms with Crippen LogP contribution in [-0.4, -0.2) is 32.9 Å². The van der Waals surface area contributed by atoms with Crippen molar-refractivity contribution >= 4 is 56.4 Å². The molecule has 1 amide bonds. The summed E-state index contributed by atoms with van der Waals surface area (Å²) < 4.78 is 3.06. The zero-order chi connectivity index (χ0) is 20.5. The van der Waals surface area contributed by atoms with Crippen molar-refractivity contribution in [2.75, 3.05) is 0 Å². The number of hydrogen-bond donors (Lipinski definition) is 0. The molecule has 2 aromatic rings. The fourth-order valence-corrected chi connectivity index (χ4v) is 5.34. The van der Waals surface area contributed by atoms with Crippen molar-refractivity contribution in [3.8, 4) is 0 Å². The third-order valence-electron chi connectivity index (χ3n) is 3.91. The number of aryl methyl sites for hydroxylation is 1. The first-order valence-corrected chi connectivity index (χ1v) is 11.0. The van der Waals surface area contributed by atoms with Crippen molar-refractivity contribution in [1.82, 2.24) is 14.8 Å². The van der Waals surface area contributed by atoms with E-state index in [2.05, 4.69) is 21.0 Å². The zero-order valence-electron chi connectivity index (χ0n) is 16.2. The van der Waals surface area contributed by atoms with Gasteiger partial charge in [0.1, 0.15) is 4.34 Å². The van der Waals surface area contributed by atoms with E-state index in [0.717, 1.165) is 15.0 Å². The Hall–Kier alpha value is -0.600. The minimum atomic E-state index is -0.250. The summed E-state index contributed by atoms with van der Waals surface area (Å²) in [6.07, 6.45) is 2.10. The predicted molar refractivity (Wildman–Crippen MR) is 115 cm³/mol. The van der Waals surface area contributed by atoms with Crippen LogP contribution in [0.2, 0.25) is 9.36 Å². The van der Waals surface area contributed by atoms with Crippen molar-refractivity contribution < 1.29 is 9.63 Å². The van der Waals surface area contributed by atoms with E-state index in [9.17, 15) is 4.79 Å². The number of carbonyl (C=O) groups excluding carboxylic acids is 1. The first-order chi connectivity index (χ1) is 12.5. The molecule has 5 nitrogen and oxygen atoms in total. The van der Waals surface area contributed by atoms with E-state index in [0.29, 0.717) is 21.3 Å². The lowest BCUT2D eigenvalue weighted by atomic mass is 10.0. The number of hydrogen-bond acceptors (Lipinski definition) is 4. The normalized spacial score (nSPS) is 12.9. The molecule has 1 unspecified atom stereocenters. The number of nitrogens with zero attached hydrogens (tertiary/aromatic N) is 3. The van der Waals surface area contributed by atoms with Gasteiger partial charge in [-0.2, -0.15) is 5.10 Å². The Labute approximate surface area is 182 Å². The van der Waals surface area contributed by atoms with Gasteiger partial charge in [-0.05, 0) is 54.6 Å². The molecule has 9 heteroatoms. The third kappa shape index (κ3) is 5.26. The molecule has 0 saturated carbocycles. The van der Waals surface area contributed by atoms with Crippen LogP contribution in [0.3, 0.4) is 0 Å². The van der Waals surface area contributed by atoms with Crippen LogP contribution in [0.25, 0.3) is 0 Å². The van der Waals surface area contributed by atoms with Gasteiger partial charge in [-0.15, -0.1) is 11.3 Å². The summed E-state index contributed by atoms with van der Waals surface area (Å²) in [6.45, 7) is 9.74. The first-order valence-electron chi connectivity index (χ1n) is 8.68. The minimum absolute atomic E-state index is 0.126. The lowest BCUT2D eigenvalue weighted by Crippen LogP contribution is -2.42. The molecule has 2 heterocycles. The number of amides is 1. The molecular formula is C18H24BrCl2N3O2S. The molecule has 27 heavy (non-hydrogen) atoms. The summed E-state index contributed by atoms with van der Waals surface area (Å²) in [5.74, 6) is -0.0813. The number of halogens is 3. The van der Waals surface area contributed by atoms with E-state index < -0.39 is 0 Å². The van der Waals surface area contributed by atoms with Crippen LogP contribution in [0.1, 0.15) is 62.2 Å². The maximum atomic E-state index is 13.3. The van der Waals surface area contributed by atoms with Gasteiger partial charge in [0, 0.05) is 13.2 Å². The number of aromatic nitrogens is 2. The number of hydroxylamine groups is 2. The summed E-state index contributed by atoms with van der Waals surface area (Å²) in [7, 11) is 1.81. The van der Waals surface area contributed by atoms with Gasteiger partial charge in [0.15, 0.2) is 0 Å². The average Bonchev–Trinajstić information content (AvgIpc) is 3.07. The molecule has 0 bridgehead atoms. The third-order valence-corrected chi connectivity index (χ3v) is 6.73. The van der Waals surface area contributed by atoms with Gasteiger partial charge in [0.2, 0.25) is 0 Å². The standard InChI is InChI=1S/C18H24BrCl2N3O2S/c1-9(2)15-13(8-23(6)22-15)18(25)24(26-10(3)4)11(5)7-12-14(20)17(21)27-16(12)19/h8-11H,7H2,1-6H3. The monoisotopic (exact) mass is 495 g/mol. The summed E-state index contributed by atoms with van der Waals surface area (Å²) in [5, 5.41) is 6.38. The molecule has 0 aromatic carbocycles. The van der Waals surface area contributed by atoms with E-state index in [1.54, 1.807) is 10.9 Å². The molecule has 0 radical (unpaired) electrons. The average molecular weight is 497 g/mol. The summed E-state index contributed by atoms with van der Waals surface area (Å²) in [6, 6.07) is -0.250. The van der Waals surface area contributed by atoms with Crippen molar-refractivity contribution in [2.45, 2.75) is 59.1 Å². The number of thiophene rings is 1. The van der Waals surface area contributed by atoms with E-state index in [1.807, 2.05) is 41.7 Å². The van der Waals surface area contributed by atoms with Gasteiger partial charge in [-0.25, -0.2) is 5.06 Å². The Kier molecular flexibility index (Phi) is 7.78. The highest BCUT2D eigenvalue weighted by Gasteiger charge is 2.30. The van der Waals surface area contributed by atoms with Crippen LogP contribution in [-0.2, 0) is 18.3 Å². The maximum absolute atomic E-state index is 13.3. The van der Waals surface area contributed by atoms with Gasteiger partial charge in [0.05, 0.1) is 32.2 Å². The molecule has 0 spiro atoms. The Morgan fingerprint density at radius 2 is 1.96 bits per heavy atom. The van der Waals surface area contributed by atoms with Gasteiger partial charge in [-0.1, -0.05) is 37.0 Å². The highest BCUT2D eigenvalue weighted by molar-refractivity contribution is 9.11. The first kappa shape index (κ1) is 22.7. The second kappa shape index (κ2) is 9.27. The minimum Gasteiger partial charge on any atom is -0.275 e. The lowest BCUT2D eigenvalue weighted by molar-refractivity contribution is -0.172. The number of rotatable bonds is 7. The van der Waals surface area contributed by atoms with Crippen LogP contribution in [0.15, 0.2) is 9.98 Å². The molecule has 0 aliphatic carbocycles.